The number of nitrogens with zero attached hydrogens (tertiary/aromatic N) is 2. The van der Waals surface area contributed by atoms with Crippen LogP contribution in [-0.4, -0.2) is 51.5 Å². The third kappa shape index (κ3) is 3.36. The van der Waals surface area contributed by atoms with Gasteiger partial charge in [0.2, 0.25) is 10.0 Å². The van der Waals surface area contributed by atoms with Crippen LogP contribution in [0, 0.1) is 0 Å². The van der Waals surface area contributed by atoms with Crippen molar-refractivity contribution in [3.63, 3.8) is 0 Å². The summed E-state index contributed by atoms with van der Waals surface area (Å²) in [5, 5.41) is 2.82. The van der Waals surface area contributed by atoms with Crippen molar-refractivity contribution >= 4 is 15.8 Å². The molecular weight excluding hydrogens is 288 g/mol. The fourth-order valence-corrected chi connectivity index (χ4v) is 4.20. The number of hydrogen-bond acceptors (Lipinski definition) is 5. The molecule has 0 amide bonds. The molecule has 0 unspecified atom stereocenters. The molecule has 21 heavy (non-hydrogen) atoms. The van der Waals surface area contributed by atoms with Gasteiger partial charge in [-0.05, 0) is 39.1 Å². The first-order valence-corrected chi connectivity index (χ1v) is 8.69. The molecular formula is C14H24N4O2S. The lowest BCUT2D eigenvalue weighted by molar-refractivity contribution is 0.162. The van der Waals surface area contributed by atoms with Crippen LogP contribution in [0.5, 0.6) is 0 Å². The van der Waals surface area contributed by atoms with Crippen molar-refractivity contribution in [2.45, 2.75) is 36.1 Å². The van der Waals surface area contributed by atoms with Crippen LogP contribution in [0.3, 0.4) is 0 Å². The summed E-state index contributed by atoms with van der Waals surface area (Å²) in [7, 11) is 2.14. The van der Waals surface area contributed by atoms with E-state index in [-0.39, 0.29) is 10.4 Å². The Morgan fingerprint density at radius 3 is 2.57 bits per heavy atom. The van der Waals surface area contributed by atoms with Gasteiger partial charge in [-0.1, -0.05) is 12.8 Å². The van der Waals surface area contributed by atoms with Crippen LogP contribution in [0.15, 0.2) is 23.2 Å². The van der Waals surface area contributed by atoms with E-state index in [1.807, 2.05) is 14.1 Å². The Morgan fingerprint density at radius 1 is 1.33 bits per heavy atom. The van der Waals surface area contributed by atoms with E-state index in [4.69, 9.17) is 0 Å². The zero-order valence-electron chi connectivity index (χ0n) is 12.9. The quantitative estimate of drug-likeness (QED) is 0.827. The molecule has 1 fully saturated rings. The van der Waals surface area contributed by atoms with E-state index in [0.29, 0.717) is 12.4 Å². The van der Waals surface area contributed by atoms with Gasteiger partial charge in [-0.15, -0.1) is 0 Å². The van der Waals surface area contributed by atoms with Gasteiger partial charge >= 0.3 is 0 Å². The molecule has 2 rings (SSSR count). The summed E-state index contributed by atoms with van der Waals surface area (Å²) < 4.78 is 27.8. The van der Waals surface area contributed by atoms with E-state index in [1.54, 1.807) is 25.4 Å². The third-order valence-corrected chi connectivity index (χ3v) is 5.80. The van der Waals surface area contributed by atoms with Gasteiger partial charge in [0.25, 0.3) is 0 Å². The molecule has 0 atom stereocenters. The first-order valence-electron chi connectivity index (χ1n) is 7.21. The lowest BCUT2D eigenvalue weighted by Crippen LogP contribution is -2.50. The second-order valence-electron chi connectivity index (χ2n) is 5.75. The van der Waals surface area contributed by atoms with Crippen molar-refractivity contribution in [3.8, 4) is 0 Å². The molecule has 1 heterocycles. The number of rotatable bonds is 6. The molecule has 0 radical (unpaired) electrons. The third-order valence-electron chi connectivity index (χ3n) is 4.37. The van der Waals surface area contributed by atoms with E-state index in [2.05, 4.69) is 19.9 Å². The van der Waals surface area contributed by atoms with Crippen LogP contribution in [-0.2, 0) is 10.0 Å². The minimum Gasteiger partial charge on any atom is -0.372 e. The highest BCUT2D eigenvalue weighted by atomic mass is 32.2. The van der Waals surface area contributed by atoms with Gasteiger partial charge in [0.15, 0.2) is 0 Å². The number of likely N-dealkylation sites (N-methyl/N-ethyl adjacent to an activating group) is 1. The predicted molar refractivity (Wildman–Crippen MR) is 83.9 cm³/mol. The molecule has 0 bridgehead atoms. The van der Waals surface area contributed by atoms with Gasteiger partial charge in [0.1, 0.15) is 10.7 Å². The average molecular weight is 312 g/mol. The molecule has 1 saturated carbocycles. The zero-order chi connectivity index (χ0) is 15.5. The topological polar surface area (TPSA) is 74.3 Å². The van der Waals surface area contributed by atoms with Crippen molar-refractivity contribution in [2.24, 2.45) is 0 Å². The van der Waals surface area contributed by atoms with Crippen LogP contribution in [0.4, 0.5) is 5.82 Å². The molecule has 0 spiro atoms. The van der Waals surface area contributed by atoms with Gasteiger partial charge in [0.05, 0.1) is 0 Å². The standard InChI is InChI=1S/C14H24N4O2S/c1-15-13-12(7-6-10-16-13)21(19,20)17-11-14(18(2)3)8-4-5-9-14/h6-7,10,17H,4-5,8-9,11H2,1-3H3,(H,15,16). The number of sulfonamides is 1. The fraction of sp³-hybridized carbons (Fsp3) is 0.643. The van der Waals surface area contributed by atoms with Gasteiger partial charge < -0.3 is 10.2 Å². The number of pyridine rings is 1. The summed E-state index contributed by atoms with van der Waals surface area (Å²) in [6.45, 7) is 0.431. The number of hydrogen-bond donors (Lipinski definition) is 2. The van der Waals surface area contributed by atoms with Crippen LogP contribution < -0.4 is 10.0 Å². The van der Waals surface area contributed by atoms with Gasteiger partial charge in [0, 0.05) is 25.3 Å². The van der Waals surface area contributed by atoms with E-state index < -0.39 is 10.0 Å². The Balaban J connectivity index is 2.18. The van der Waals surface area contributed by atoms with Gasteiger partial charge in [-0.2, -0.15) is 0 Å². The smallest absolute Gasteiger partial charge is 0.244 e. The lowest BCUT2D eigenvalue weighted by Gasteiger charge is -2.36. The summed E-state index contributed by atoms with van der Waals surface area (Å²) in [6.07, 6.45) is 5.91. The van der Waals surface area contributed by atoms with E-state index in [1.165, 1.54) is 0 Å². The molecule has 6 nitrogen and oxygen atoms in total. The maximum absolute atomic E-state index is 12.5. The highest BCUT2D eigenvalue weighted by Crippen LogP contribution is 2.33. The molecule has 0 aliphatic heterocycles. The highest BCUT2D eigenvalue weighted by molar-refractivity contribution is 7.89. The van der Waals surface area contributed by atoms with Crippen molar-refractivity contribution in [1.82, 2.24) is 14.6 Å². The van der Waals surface area contributed by atoms with Crippen molar-refractivity contribution in [2.75, 3.05) is 33.0 Å². The Morgan fingerprint density at radius 2 is 2.00 bits per heavy atom. The highest BCUT2D eigenvalue weighted by Gasteiger charge is 2.37. The summed E-state index contributed by atoms with van der Waals surface area (Å²) in [5.41, 5.74) is -0.0743. The molecule has 1 aromatic heterocycles. The number of anilines is 1. The molecule has 0 saturated heterocycles. The van der Waals surface area contributed by atoms with Crippen molar-refractivity contribution in [1.29, 1.82) is 0 Å². The SMILES string of the molecule is CNc1ncccc1S(=O)(=O)NCC1(N(C)C)CCCC1. The Labute approximate surface area is 127 Å². The monoisotopic (exact) mass is 312 g/mol. The van der Waals surface area contributed by atoms with Gasteiger partial charge in [-0.25, -0.2) is 18.1 Å². The molecule has 118 valence electrons. The first-order chi connectivity index (χ1) is 9.91. The van der Waals surface area contributed by atoms with Crippen molar-refractivity contribution < 1.29 is 8.42 Å². The van der Waals surface area contributed by atoms with Crippen LogP contribution in [0.2, 0.25) is 0 Å². The maximum atomic E-state index is 12.5. The molecule has 0 aromatic carbocycles. The minimum absolute atomic E-state index is 0.0743. The molecule has 1 aliphatic carbocycles. The van der Waals surface area contributed by atoms with E-state index in [0.717, 1.165) is 25.7 Å². The minimum atomic E-state index is -3.56. The predicted octanol–water partition coefficient (Wildman–Crippen LogP) is 1.28. The molecule has 7 heteroatoms. The van der Waals surface area contributed by atoms with E-state index >= 15 is 0 Å². The van der Waals surface area contributed by atoms with Crippen molar-refractivity contribution in [3.05, 3.63) is 18.3 Å². The molecule has 2 N–H and O–H groups in total. The summed E-state index contributed by atoms with van der Waals surface area (Å²) in [6, 6.07) is 3.20. The summed E-state index contributed by atoms with van der Waals surface area (Å²) in [4.78, 5) is 6.39. The molecule has 1 aromatic rings. The average Bonchev–Trinajstić information content (AvgIpc) is 2.95. The number of nitrogens with one attached hydrogen (secondary N) is 2. The second-order valence-corrected chi connectivity index (χ2v) is 7.49. The number of aromatic nitrogens is 1. The maximum Gasteiger partial charge on any atom is 0.244 e. The summed E-state index contributed by atoms with van der Waals surface area (Å²) >= 11 is 0. The van der Waals surface area contributed by atoms with Gasteiger partial charge in [-0.3, -0.25) is 0 Å². The fourth-order valence-electron chi connectivity index (χ4n) is 2.92. The second kappa shape index (κ2) is 6.29. The lowest BCUT2D eigenvalue weighted by atomic mass is 9.97. The Hall–Kier alpha value is -1.18. The van der Waals surface area contributed by atoms with Crippen LogP contribution >= 0.6 is 0 Å². The largest absolute Gasteiger partial charge is 0.372 e. The Bertz CT molecular complexity index is 580. The first kappa shape index (κ1) is 16.2. The van der Waals surface area contributed by atoms with Crippen LogP contribution in [0.1, 0.15) is 25.7 Å². The normalized spacial score (nSPS) is 18.1. The van der Waals surface area contributed by atoms with Crippen LogP contribution in [0.25, 0.3) is 0 Å². The summed E-state index contributed by atoms with van der Waals surface area (Å²) in [5.74, 6) is 0.371. The zero-order valence-corrected chi connectivity index (χ0v) is 13.7. The van der Waals surface area contributed by atoms with E-state index in [9.17, 15) is 8.42 Å². The Kier molecular flexibility index (Phi) is 4.85. The molecule has 1 aliphatic rings.